The lowest BCUT2D eigenvalue weighted by Crippen LogP contribution is -2.24. The lowest BCUT2D eigenvalue weighted by Gasteiger charge is -2.24. The molecule has 3 heteroatoms. The van der Waals surface area contributed by atoms with E-state index < -0.39 is 0 Å². The van der Waals surface area contributed by atoms with Gasteiger partial charge in [-0.3, -0.25) is 4.67 Å². The molecule has 11 heavy (non-hydrogen) atoms. The average molecular weight is 172 g/mol. The van der Waals surface area contributed by atoms with Gasteiger partial charge in [0, 0.05) is 19.0 Å². The van der Waals surface area contributed by atoms with Crippen LogP contribution in [-0.4, -0.2) is 17.8 Å². The van der Waals surface area contributed by atoms with Crippen LogP contribution in [0.4, 0.5) is 0 Å². The molecule has 1 unspecified atom stereocenters. The number of piperidine rings is 1. The summed E-state index contributed by atoms with van der Waals surface area (Å²) >= 11 is 0. The molecule has 0 amide bonds. The molecule has 2 nitrogen and oxygen atoms in total. The molecule has 1 fully saturated rings. The van der Waals surface area contributed by atoms with Gasteiger partial charge in [-0.05, 0) is 12.8 Å². The van der Waals surface area contributed by atoms with Crippen LogP contribution in [0.1, 0.15) is 26.7 Å². The van der Waals surface area contributed by atoms with E-state index in [0.717, 1.165) is 25.9 Å². The van der Waals surface area contributed by atoms with Gasteiger partial charge in [-0.15, -0.1) is 0 Å². The van der Waals surface area contributed by atoms with Crippen LogP contribution in [0, 0.1) is 17.2 Å². The van der Waals surface area contributed by atoms with E-state index in [1.54, 1.807) is 0 Å². The zero-order chi connectivity index (χ0) is 8.69. The van der Waals surface area contributed by atoms with Crippen molar-refractivity contribution in [2.75, 3.05) is 13.1 Å². The molecule has 1 rings (SSSR count). The van der Waals surface area contributed by atoms with Gasteiger partial charge in [-0.1, -0.05) is 23.2 Å². The minimum Gasteiger partial charge on any atom is -0.287 e. The van der Waals surface area contributed by atoms with Crippen molar-refractivity contribution in [3.63, 3.8) is 0 Å². The fourth-order valence-corrected chi connectivity index (χ4v) is 1.33. The molecular weight excluding hydrogens is 155 g/mol. The second kappa shape index (κ2) is 6.58. The first kappa shape index (κ1) is 10.9. The summed E-state index contributed by atoms with van der Waals surface area (Å²) in [6.45, 7) is 6.12. The summed E-state index contributed by atoms with van der Waals surface area (Å²) in [7, 11) is 2.67. The molecule has 1 aliphatic heterocycles. The van der Waals surface area contributed by atoms with Crippen molar-refractivity contribution >= 4 is 9.39 Å². The monoisotopic (exact) mass is 172 g/mol. The van der Waals surface area contributed by atoms with Gasteiger partial charge in [0.2, 0.25) is 0 Å². The fraction of sp³-hybridized carbons (Fsp3) is 0.875. The zero-order valence-electron chi connectivity index (χ0n) is 7.38. The summed E-state index contributed by atoms with van der Waals surface area (Å²) in [5.41, 5.74) is 0. The highest BCUT2D eigenvalue weighted by atomic mass is 31.0. The number of hydrogen-bond acceptors (Lipinski definition) is 2. The van der Waals surface area contributed by atoms with Crippen LogP contribution >= 0.6 is 9.39 Å². The van der Waals surface area contributed by atoms with Gasteiger partial charge in [0.1, 0.15) is 0 Å². The highest BCUT2D eigenvalue weighted by molar-refractivity contribution is 7.13. The van der Waals surface area contributed by atoms with Gasteiger partial charge < -0.3 is 0 Å². The summed E-state index contributed by atoms with van der Waals surface area (Å²) in [4.78, 5) is 0. The lowest BCUT2D eigenvalue weighted by molar-refractivity contribution is 0.333. The highest BCUT2D eigenvalue weighted by Gasteiger charge is 2.14. The van der Waals surface area contributed by atoms with Crippen molar-refractivity contribution in [1.82, 2.24) is 4.67 Å². The second-order valence-corrected chi connectivity index (χ2v) is 3.17. The Morgan fingerprint density at radius 2 is 1.82 bits per heavy atom. The number of rotatable bonds is 0. The summed E-state index contributed by atoms with van der Waals surface area (Å²) < 4.78 is 2.19. The van der Waals surface area contributed by atoms with Crippen LogP contribution in [0.25, 0.3) is 0 Å². The molecule has 0 spiro atoms. The molecule has 0 aromatic rings. The third-order valence-electron chi connectivity index (χ3n) is 1.71. The lowest BCUT2D eigenvalue weighted by atomic mass is 10.0. The van der Waals surface area contributed by atoms with E-state index in [-0.39, 0.29) is 0 Å². The topological polar surface area (TPSA) is 27.0 Å². The molecule has 0 saturated carbocycles. The first-order valence-corrected chi connectivity index (χ1v) is 4.74. The highest BCUT2D eigenvalue weighted by Crippen LogP contribution is 2.17. The van der Waals surface area contributed by atoms with Crippen LogP contribution in [0.3, 0.4) is 0 Å². The van der Waals surface area contributed by atoms with Gasteiger partial charge in [0.25, 0.3) is 0 Å². The smallest absolute Gasteiger partial charge is 0.0656 e. The van der Waals surface area contributed by atoms with E-state index in [9.17, 15) is 0 Å². The van der Waals surface area contributed by atoms with Gasteiger partial charge >= 0.3 is 0 Å². The van der Waals surface area contributed by atoms with Gasteiger partial charge in [-0.25, -0.2) is 0 Å². The Kier molecular flexibility index (Phi) is 6.51. The van der Waals surface area contributed by atoms with Crippen LogP contribution in [-0.2, 0) is 0 Å². The maximum absolute atomic E-state index is 8.50. The molecule has 1 heterocycles. The van der Waals surface area contributed by atoms with E-state index in [4.69, 9.17) is 5.26 Å². The fourth-order valence-electron chi connectivity index (χ4n) is 1.03. The van der Waals surface area contributed by atoms with Gasteiger partial charge in [-0.2, -0.15) is 5.26 Å². The SMILES string of the molecule is CC.N#CC1CCN(P)CC1. The van der Waals surface area contributed by atoms with Crippen LogP contribution in [0.15, 0.2) is 0 Å². The Morgan fingerprint density at radius 1 is 1.36 bits per heavy atom. The van der Waals surface area contributed by atoms with Crippen LogP contribution < -0.4 is 0 Å². The Labute approximate surface area is 71.8 Å². The molecule has 64 valence electrons. The first-order chi connectivity index (χ1) is 5.33. The average Bonchev–Trinajstić information content (AvgIpc) is 2.10. The summed E-state index contributed by atoms with van der Waals surface area (Å²) in [5.74, 6) is 0.321. The van der Waals surface area contributed by atoms with E-state index in [2.05, 4.69) is 20.1 Å². The Morgan fingerprint density at radius 3 is 2.18 bits per heavy atom. The van der Waals surface area contributed by atoms with E-state index in [0.29, 0.717) is 5.92 Å². The number of nitriles is 1. The number of nitrogens with zero attached hydrogens (tertiary/aromatic N) is 2. The predicted molar refractivity (Wildman–Crippen MR) is 51.0 cm³/mol. The summed E-state index contributed by atoms with van der Waals surface area (Å²) in [6.07, 6.45) is 2.08. The summed E-state index contributed by atoms with van der Waals surface area (Å²) in [6, 6.07) is 2.29. The Balaban J connectivity index is 0.000000461. The molecule has 0 N–H and O–H groups in total. The zero-order valence-corrected chi connectivity index (χ0v) is 8.53. The standard InChI is InChI=1S/C6H11N2P.C2H6/c7-5-6-1-3-8(9)4-2-6;1-2/h6H,1-4,9H2;1-2H3. The predicted octanol–water partition coefficient (Wildman–Crippen LogP) is 2.04. The molecule has 1 atom stereocenters. The van der Waals surface area contributed by atoms with Crippen molar-refractivity contribution in [3.05, 3.63) is 0 Å². The second-order valence-electron chi connectivity index (χ2n) is 2.44. The van der Waals surface area contributed by atoms with Gasteiger partial charge in [0.15, 0.2) is 0 Å². The molecule has 0 aromatic heterocycles. The van der Waals surface area contributed by atoms with Crippen LogP contribution in [0.5, 0.6) is 0 Å². The Bertz CT molecular complexity index is 123. The van der Waals surface area contributed by atoms with E-state index >= 15 is 0 Å². The minimum absolute atomic E-state index is 0.321. The third-order valence-corrected chi connectivity index (χ3v) is 2.23. The molecule has 1 aliphatic rings. The van der Waals surface area contributed by atoms with Crippen molar-refractivity contribution < 1.29 is 0 Å². The first-order valence-electron chi connectivity index (χ1n) is 4.22. The largest absolute Gasteiger partial charge is 0.287 e. The maximum Gasteiger partial charge on any atom is 0.0656 e. The molecule has 0 aromatic carbocycles. The Hall–Kier alpha value is -0.120. The summed E-state index contributed by atoms with van der Waals surface area (Å²) in [5, 5.41) is 8.50. The minimum atomic E-state index is 0.321. The molecule has 0 radical (unpaired) electrons. The molecular formula is C8H17N2P. The quantitative estimate of drug-likeness (QED) is 0.523. The van der Waals surface area contributed by atoms with E-state index in [1.807, 2.05) is 13.8 Å². The van der Waals surface area contributed by atoms with Crippen molar-refractivity contribution in [2.45, 2.75) is 26.7 Å². The van der Waals surface area contributed by atoms with Crippen molar-refractivity contribution in [1.29, 1.82) is 5.26 Å². The van der Waals surface area contributed by atoms with Gasteiger partial charge in [0.05, 0.1) is 6.07 Å². The van der Waals surface area contributed by atoms with Crippen molar-refractivity contribution in [3.8, 4) is 6.07 Å². The van der Waals surface area contributed by atoms with E-state index in [1.165, 1.54) is 0 Å². The number of hydrogen-bond donors (Lipinski definition) is 0. The van der Waals surface area contributed by atoms with Crippen LogP contribution in [0.2, 0.25) is 0 Å². The molecule has 0 aliphatic carbocycles. The molecule has 0 bridgehead atoms. The third kappa shape index (κ3) is 4.35. The van der Waals surface area contributed by atoms with Crippen molar-refractivity contribution in [2.24, 2.45) is 5.92 Å². The maximum atomic E-state index is 8.50. The normalized spacial score (nSPS) is 19.8. The molecule has 1 saturated heterocycles.